The number of unbranched alkanes of at least 4 members (excludes halogenated alkanes) is 3. The maximum Gasteiger partial charge on any atom is -0.0149 e. The quantitative estimate of drug-likeness (QED) is 0.507. The normalized spacial score (nSPS) is 12.3. The fourth-order valence-corrected chi connectivity index (χ4v) is 2.84. The van der Waals surface area contributed by atoms with Crippen molar-refractivity contribution in [1.82, 2.24) is 0 Å². The van der Waals surface area contributed by atoms with Gasteiger partial charge in [-0.2, -0.15) is 0 Å². The molecule has 0 spiro atoms. The molecule has 2 aromatic rings. The molecule has 0 N–H and O–H groups in total. The molecule has 0 amide bonds. The molecule has 20 heavy (non-hydrogen) atoms. The Labute approximate surface area is 123 Å². The first-order valence-electron chi connectivity index (χ1n) is 7.97. The summed E-state index contributed by atoms with van der Waals surface area (Å²) in [6, 6.07) is 19.6. The lowest BCUT2D eigenvalue weighted by molar-refractivity contribution is 0.580. The minimum Gasteiger partial charge on any atom is -0.0654 e. The lowest BCUT2D eigenvalue weighted by Gasteiger charge is -2.16. The SMILES string of the molecule is CCCCCCC(C)c1ccccc1-c1ccccc1. The Morgan fingerprint density at radius 2 is 1.50 bits per heavy atom. The molecule has 0 aliphatic rings. The molecular weight excluding hydrogens is 240 g/mol. The number of benzene rings is 2. The second-order valence-corrected chi connectivity index (χ2v) is 5.70. The average molecular weight is 266 g/mol. The van der Waals surface area contributed by atoms with Gasteiger partial charge in [0.25, 0.3) is 0 Å². The number of rotatable bonds is 7. The highest BCUT2D eigenvalue weighted by Crippen LogP contribution is 2.31. The Balaban J connectivity index is 2.11. The van der Waals surface area contributed by atoms with Gasteiger partial charge in [-0.3, -0.25) is 0 Å². The van der Waals surface area contributed by atoms with E-state index in [9.17, 15) is 0 Å². The van der Waals surface area contributed by atoms with E-state index in [1.165, 1.54) is 48.8 Å². The van der Waals surface area contributed by atoms with Crippen molar-refractivity contribution in [2.75, 3.05) is 0 Å². The third-order valence-electron chi connectivity index (χ3n) is 4.07. The fourth-order valence-electron chi connectivity index (χ4n) is 2.84. The molecule has 2 rings (SSSR count). The van der Waals surface area contributed by atoms with Crippen LogP contribution >= 0.6 is 0 Å². The Morgan fingerprint density at radius 3 is 2.25 bits per heavy atom. The average Bonchev–Trinajstić information content (AvgIpc) is 2.52. The number of hydrogen-bond acceptors (Lipinski definition) is 0. The molecule has 2 aromatic carbocycles. The highest BCUT2D eigenvalue weighted by atomic mass is 14.2. The van der Waals surface area contributed by atoms with Crippen LogP contribution in [0.4, 0.5) is 0 Å². The van der Waals surface area contributed by atoms with E-state index in [4.69, 9.17) is 0 Å². The second kappa shape index (κ2) is 7.89. The first-order valence-corrected chi connectivity index (χ1v) is 7.97. The van der Waals surface area contributed by atoms with Crippen LogP contribution in [0.15, 0.2) is 54.6 Å². The van der Waals surface area contributed by atoms with Crippen LogP contribution in [0.25, 0.3) is 11.1 Å². The van der Waals surface area contributed by atoms with Gasteiger partial charge in [-0.15, -0.1) is 0 Å². The summed E-state index contributed by atoms with van der Waals surface area (Å²) >= 11 is 0. The van der Waals surface area contributed by atoms with E-state index in [1.807, 2.05) is 0 Å². The van der Waals surface area contributed by atoms with Gasteiger partial charge in [-0.25, -0.2) is 0 Å². The summed E-state index contributed by atoms with van der Waals surface area (Å²) in [6.07, 6.45) is 6.69. The molecule has 0 aromatic heterocycles. The Morgan fingerprint density at radius 1 is 0.800 bits per heavy atom. The van der Waals surface area contributed by atoms with E-state index in [1.54, 1.807) is 0 Å². The summed E-state index contributed by atoms with van der Waals surface area (Å²) in [5.74, 6) is 0.642. The summed E-state index contributed by atoms with van der Waals surface area (Å²) < 4.78 is 0. The zero-order valence-electron chi connectivity index (χ0n) is 12.8. The largest absolute Gasteiger partial charge is 0.0654 e. The van der Waals surface area contributed by atoms with E-state index < -0.39 is 0 Å². The molecule has 0 bridgehead atoms. The minimum absolute atomic E-state index is 0.642. The van der Waals surface area contributed by atoms with Crippen LogP contribution in [0.3, 0.4) is 0 Å². The molecule has 0 fully saturated rings. The second-order valence-electron chi connectivity index (χ2n) is 5.70. The van der Waals surface area contributed by atoms with E-state index >= 15 is 0 Å². The van der Waals surface area contributed by atoms with Gasteiger partial charge in [0.05, 0.1) is 0 Å². The van der Waals surface area contributed by atoms with Crippen LogP contribution < -0.4 is 0 Å². The molecule has 0 heterocycles. The Hall–Kier alpha value is -1.56. The molecule has 0 nitrogen and oxygen atoms in total. The standard InChI is InChI=1S/C20H26/c1-3-4-5-7-12-17(2)19-15-10-11-16-20(19)18-13-8-6-9-14-18/h6,8-11,13-17H,3-5,7,12H2,1-2H3. The highest BCUT2D eigenvalue weighted by Gasteiger charge is 2.11. The van der Waals surface area contributed by atoms with Gasteiger partial charge >= 0.3 is 0 Å². The van der Waals surface area contributed by atoms with Crippen LogP contribution in [0.2, 0.25) is 0 Å². The molecule has 0 saturated carbocycles. The van der Waals surface area contributed by atoms with Crippen LogP contribution in [-0.2, 0) is 0 Å². The first-order chi connectivity index (χ1) is 9.83. The van der Waals surface area contributed by atoms with Gasteiger partial charge < -0.3 is 0 Å². The molecule has 106 valence electrons. The van der Waals surface area contributed by atoms with Gasteiger partial charge in [0, 0.05) is 0 Å². The number of hydrogen-bond donors (Lipinski definition) is 0. The van der Waals surface area contributed by atoms with E-state index in [2.05, 4.69) is 68.4 Å². The van der Waals surface area contributed by atoms with E-state index in [0.29, 0.717) is 5.92 Å². The predicted octanol–water partition coefficient (Wildman–Crippen LogP) is 6.43. The molecule has 0 saturated heterocycles. The first kappa shape index (κ1) is 14.8. The smallest absolute Gasteiger partial charge is 0.0149 e. The zero-order valence-corrected chi connectivity index (χ0v) is 12.8. The van der Waals surface area contributed by atoms with Crippen LogP contribution in [0, 0.1) is 0 Å². The summed E-state index contributed by atoms with van der Waals surface area (Å²) in [5.41, 5.74) is 4.23. The molecule has 0 heteroatoms. The van der Waals surface area contributed by atoms with Crippen molar-refractivity contribution >= 4 is 0 Å². The Kier molecular flexibility index (Phi) is 5.86. The van der Waals surface area contributed by atoms with Crippen molar-refractivity contribution in [3.05, 3.63) is 60.2 Å². The van der Waals surface area contributed by atoms with Crippen LogP contribution in [-0.4, -0.2) is 0 Å². The topological polar surface area (TPSA) is 0 Å². The van der Waals surface area contributed by atoms with Crippen molar-refractivity contribution in [3.63, 3.8) is 0 Å². The predicted molar refractivity (Wildman–Crippen MR) is 89.1 cm³/mol. The van der Waals surface area contributed by atoms with Gasteiger partial charge in [0.15, 0.2) is 0 Å². The maximum absolute atomic E-state index is 2.37. The molecule has 0 aliphatic heterocycles. The van der Waals surface area contributed by atoms with Crippen molar-refractivity contribution in [2.24, 2.45) is 0 Å². The van der Waals surface area contributed by atoms with E-state index in [-0.39, 0.29) is 0 Å². The van der Waals surface area contributed by atoms with Gasteiger partial charge in [0.2, 0.25) is 0 Å². The summed E-state index contributed by atoms with van der Waals surface area (Å²) in [6.45, 7) is 4.64. The molecular formula is C20H26. The lowest BCUT2D eigenvalue weighted by atomic mass is 9.88. The van der Waals surface area contributed by atoms with Gasteiger partial charge in [0.1, 0.15) is 0 Å². The molecule has 0 aliphatic carbocycles. The van der Waals surface area contributed by atoms with E-state index in [0.717, 1.165) is 0 Å². The maximum atomic E-state index is 2.37. The molecule has 0 radical (unpaired) electrons. The third kappa shape index (κ3) is 3.96. The summed E-state index contributed by atoms with van der Waals surface area (Å²) in [4.78, 5) is 0. The molecule has 1 atom stereocenters. The van der Waals surface area contributed by atoms with Crippen molar-refractivity contribution in [1.29, 1.82) is 0 Å². The monoisotopic (exact) mass is 266 g/mol. The Bertz CT molecular complexity index is 498. The summed E-state index contributed by atoms with van der Waals surface area (Å²) in [7, 11) is 0. The van der Waals surface area contributed by atoms with Crippen molar-refractivity contribution < 1.29 is 0 Å². The zero-order chi connectivity index (χ0) is 14.2. The van der Waals surface area contributed by atoms with Gasteiger partial charge in [-0.05, 0) is 29.0 Å². The highest BCUT2D eigenvalue weighted by molar-refractivity contribution is 5.67. The lowest BCUT2D eigenvalue weighted by Crippen LogP contribution is -1.97. The third-order valence-corrected chi connectivity index (χ3v) is 4.07. The summed E-state index contributed by atoms with van der Waals surface area (Å²) in [5, 5.41) is 0. The minimum atomic E-state index is 0.642. The van der Waals surface area contributed by atoms with Crippen LogP contribution in [0.1, 0.15) is 57.4 Å². The fraction of sp³-hybridized carbons (Fsp3) is 0.400. The molecule has 1 unspecified atom stereocenters. The van der Waals surface area contributed by atoms with Gasteiger partial charge in [-0.1, -0.05) is 94.1 Å². The van der Waals surface area contributed by atoms with Crippen LogP contribution in [0.5, 0.6) is 0 Å². The van der Waals surface area contributed by atoms with Crippen molar-refractivity contribution in [2.45, 2.75) is 51.9 Å². The van der Waals surface area contributed by atoms with Crippen molar-refractivity contribution in [3.8, 4) is 11.1 Å².